The third kappa shape index (κ3) is 2.73. The average molecular weight is 317 g/mol. The lowest BCUT2D eigenvalue weighted by Gasteiger charge is -2.13. The van der Waals surface area contributed by atoms with Crippen molar-refractivity contribution in [3.05, 3.63) is 48.3 Å². The van der Waals surface area contributed by atoms with Gasteiger partial charge in [0.15, 0.2) is 11.5 Å². The molecule has 118 valence electrons. The molecule has 0 saturated heterocycles. The van der Waals surface area contributed by atoms with Crippen molar-refractivity contribution in [2.75, 3.05) is 19.5 Å². The second kappa shape index (κ2) is 6.04. The molecule has 0 unspecified atom stereocenters. The van der Waals surface area contributed by atoms with E-state index in [1.165, 1.54) is 20.5 Å². The summed E-state index contributed by atoms with van der Waals surface area (Å²) >= 11 is 0. The molecule has 1 N–H and O–H groups in total. The van der Waals surface area contributed by atoms with Gasteiger partial charge in [-0.25, -0.2) is 18.7 Å². The molecule has 0 bridgehead atoms. The van der Waals surface area contributed by atoms with Gasteiger partial charge in [-0.05, 0) is 24.3 Å². The van der Waals surface area contributed by atoms with Gasteiger partial charge in [0.25, 0.3) is 0 Å². The zero-order chi connectivity index (χ0) is 16.4. The highest BCUT2D eigenvalue weighted by Gasteiger charge is 2.14. The first-order valence-electron chi connectivity index (χ1n) is 6.72. The van der Waals surface area contributed by atoms with Gasteiger partial charge < -0.3 is 14.8 Å². The van der Waals surface area contributed by atoms with Crippen LogP contribution in [0.3, 0.4) is 0 Å². The van der Waals surface area contributed by atoms with E-state index in [1.54, 1.807) is 12.1 Å². The first-order valence-corrected chi connectivity index (χ1v) is 6.72. The maximum absolute atomic E-state index is 13.8. The van der Waals surface area contributed by atoms with Gasteiger partial charge in [-0.15, -0.1) is 0 Å². The number of nitrogens with one attached hydrogen (secondary N) is 1. The molecule has 1 aromatic heterocycles. The van der Waals surface area contributed by atoms with Gasteiger partial charge in [-0.1, -0.05) is 0 Å². The summed E-state index contributed by atoms with van der Waals surface area (Å²) in [7, 11) is 3.02. The quantitative estimate of drug-likeness (QED) is 0.795. The number of anilines is 2. The molecule has 0 aliphatic rings. The van der Waals surface area contributed by atoms with E-state index in [2.05, 4.69) is 15.3 Å². The zero-order valence-corrected chi connectivity index (χ0v) is 12.4. The maximum atomic E-state index is 13.8. The summed E-state index contributed by atoms with van der Waals surface area (Å²) in [5, 5.41) is 3.37. The van der Waals surface area contributed by atoms with E-state index in [1.807, 2.05) is 0 Å². The molecular weight excluding hydrogens is 304 g/mol. The molecule has 0 fully saturated rings. The first-order chi connectivity index (χ1) is 11.1. The monoisotopic (exact) mass is 317 g/mol. The molecule has 5 nitrogen and oxygen atoms in total. The van der Waals surface area contributed by atoms with Crippen LogP contribution in [-0.4, -0.2) is 24.2 Å². The van der Waals surface area contributed by atoms with Crippen molar-refractivity contribution in [2.45, 2.75) is 0 Å². The van der Waals surface area contributed by atoms with E-state index >= 15 is 0 Å². The number of hydrogen-bond donors (Lipinski definition) is 1. The Kier molecular flexibility index (Phi) is 3.92. The van der Waals surface area contributed by atoms with Crippen molar-refractivity contribution in [1.29, 1.82) is 0 Å². The molecule has 1 heterocycles. The Morgan fingerprint density at radius 1 is 1.00 bits per heavy atom. The van der Waals surface area contributed by atoms with Gasteiger partial charge in [0, 0.05) is 11.5 Å². The summed E-state index contributed by atoms with van der Waals surface area (Å²) < 4.78 is 37.6. The number of nitrogens with zero attached hydrogens (tertiary/aromatic N) is 2. The van der Waals surface area contributed by atoms with Gasteiger partial charge in [-0.2, -0.15) is 0 Å². The molecule has 0 radical (unpaired) electrons. The van der Waals surface area contributed by atoms with Crippen molar-refractivity contribution in [2.24, 2.45) is 0 Å². The van der Waals surface area contributed by atoms with Crippen LogP contribution >= 0.6 is 0 Å². The summed E-state index contributed by atoms with van der Waals surface area (Å²) in [5.41, 5.74) is 0.487. The topological polar surface area (TPSA) is 56.3 Å². The number of rotatable bonds is 4. The lowest BCUT2D eigenvalue weighted by Crippen LogP contribution is -2.00. The van der Waals surface area contributed by atoms with Crippen molar-refractivity contribution in [3.63, 3.8) is 0 Å². The van der Waals surface area contributed by atoms with Crippen LogP contribution in [-0.2, 0) is 0 Å². The van der Waals surface area contributed by atoms with E-state index in [0.717, 1.165) is 18.2 Å². The molecule has 3 aromatic rings. The fraction of sp³-hybridized carbons (Fsp3) is 0.125. The Balaban J connectivity index is 2.13. The zero-order valence-electron chi connectivity index (χ0n) is 12.4. The molecule has 7 heteroatoms. The largest absolute Gasteiger partial charge is 0.493 e. The number of hydrogen-bond acceptors (Lipinski definition) is 5. The molecule has 23 heavy (non-hydrogen) atoms. The number of aromatic nitrogens is 2. The Labute approximate surface area is 130 Å². The minimum absolute atomic E-state index is 0.0141. The third-order valence-corrected chi connectivity index (χ3v) is 3.33. The molecule has 0 saturated carbocycles. The minimum atomic E-state index is -0.585. The fourth-order valence-electron chi connectivity index (χ4n) is 2.26. The van der Waals surface area contributed by atoms with Crippen LogP contribution in [0.25, 0.3) is 10.9 Å². The van der Waals surface area contributed by atoms with Crippen molar-refractivity contribution in [1.82, 2.24) is 9.97 Å². The third-order valence-electron chi connectivity index (χ3n) is 3.33. The number of methoxy groups -OCH3 is 2. The van der Waals surface area contributed by atoms with Gasteiger partial charge in [-0.3, -0.25) is 0 Å². The van der Waals surface area contributed by atoms with Gasteiger partial charge in [0.2, 0.25) is 0 Å². The van der Waals surface area contributed by atoms with E-state index in [4.69, 9.17) is 9.47 Å². The Morgan fingerprint density at radius 2 is 1.83 bits per heavy atom. The highest BCUT2D eigenvalue weighted by atomic mass is 19.1. The molecule has 0 amide bonds. The molecule has 2 aromatic carbocycles. The van der Waals surface area contributed by atoms with Gasteiger partial charge in [0.1, 0.15) is 29.3 Å². The summed E-state index contributed by atoms with van der Waals surface area (Å²) in [5.74, 6) is 0.155. The second-order valence-corrected chi connectivity index (χ2v) is 4.67. The minimum Gasteiger partial charge on any atom is -0.493 e. The average Bonchev–Trinajstić information content (AvgIpc) is 2.57. The molecule has 0 spiro atoms. The SMILES string of the molecule is COc1ccc2c(Nc3cc(F)ccc3F)ncnc2c1OC. The van der Waals surface area contributed by atoms with E-state index in [9.17, 15) is 8.78 Å². The highest BCUT2D eigenvalue weighted by Crippen LogP contribution is 2.36. The van der Waals surface area contributed by atoms with Crippen LogP contribution in [0.2, 0.25) is 0 Å². The Bertz CT molecular complexity index is 871. The lowest BCUT2D eigenvalue weighted by molar-refractivity contribution is 0.358. The summed E-state index contributed by atoms with van der Waals surface area (Å²) in [6, 6.07) is 6.56. The van der Waals surface area contributed by atoms with Gasteiger partial charge >= 0.3 is 0 Å². The predicted molar refractivity (Wildman–Crippen MR) is 82.3 cm³/mol. The van der Waals surface area contributed by atoms with E-state index < -0.39 is 11.6 Å². The Morgan fingerprint density at radius 3 is 2.57 bits per heavy atom. The molecule has 0 aliphatic heterocycles. The lowest BCUT2D eigenvalue weighted by atomic mass is 10.2. The first kappa shape index (κ1) is 15.0. The van der Waals surface area contributed by atoms with Crippen molar-refractivity contribution in [3.8, 4) is 11.5 Å². The van der Waals surface area contributed by atoms with Crippen molar-refractivity contribution < 1.29 is 18.3 Å². The maximum Gasteiger partial charge on any atom is 0.187 e. The molecule has 3 rings (SSSR count). The van der Waals surface area contributed by atoms with Crippen LogP contribution in [0.4, 0.5) is 20.3 Å². The summed E-state index contributed by atoms with van der Waals surface area (Å²) in [6.45, 7) is 0. The van der Waals surface area contributed by atoms with Crippen molar-refractivity contribution >= 4 is 22.4 Å². The standard InChI is InChI=1S/C16H13F2N3O2/c1-22-13-6-4-10-14(15(13)23-2)19-8-20-16(10)21-12-7-9(17)3-5-11(12)18/h3-8H,1-2H3,(H,19,20,21). The van der Waals surface area contributed by atoms with E-state index in [0.29, 0.717) is 28.2 Å². The van der Waals surface area contributed by atoms with Crippen LogP contribution < -0.4 is 14.8 Å². The molecule has 0 atom stereocenters. The normalized spacial score (nSPS) is 10.6. The number of benzene rings is 2. The summed E-state index contributed by atoms with van der Waals surface area (Å²) in [4.78, 5) is 8.28. The van der Waals surface area contributed by atoms with E-state index in [-0.39, 0.29) is 5.69 Å². The van der Waals surface area contributed by atoms with Crippen LogP contribution in [0, 0.1) is 11.6 Å². The highest BCUT2D eigenvalue weighted by molar-refractivity contribution is 5.95. The Hall–Kier alpha value is -2.96. The smallest absolute Gasteiger partial charge is 0.187 e. The number of halogens is 2. The van der Waals surface area contributed by atoms with Gasteiger partial charge in [0.05, 0.1) is 19.9 Å². The predicted octanol–water partition coefficient (Wildman–Crippen LogP) is 3.67. The second-order valence-electron chi connectivity index (χ2n) is 4.67. The fourth-order valence-corrected chi connectivity index (χ4v) is 2.26. The number of fused-ring (bicyclic) bond motifs is 1. The van der Waals surface area contributed by atoms with Crippen LogP contribution in [0.1, 0.15) is 0 Å². The van der Waals surface area contributed by atoms with Crippen LogP contribution in [0.15, 0.2) is 36.7 Å². The molecular formula is C16H13F2N3O2. The van der Waals surface area contributed by atoms with Crippen LogP contribution in [0.5, 0.6) is 11.5 Å². The number of ether oxygens (including phenoxy) is 2. The molecule has 0 aliphatic carbocycles. The summed E-state index contributed by atoms with van der Waals surface area (Å²) in [6.07, 6.45) is 1.31.